The molecule has 0 atom stereocenters. The van der Waals surface area contributed by atoms with Crippen LogP contribution in [-0.2, 0) is 11.3 Å². The number of aromatic nitrogens is 3. The number of aryl methyl sites for hydroxylation is 2. The van der Waals surface area contributed by atoms with Crippen LogP contribution in [0, 0.1) is 13.8 Å². The van der Waals surface area contributed by atoms with E-state index < -0.39 is 0 Å². The molecule has 0 saturated carbocycles. The monoisotopic (exact) mass is 323 g/mol. The summed E-state index contributed by atoms with van der Waals surface area (Å²) in [6.45, 7) is 5.28. The van der Waals surface area contributed by atoms with E-state index in [4.69, 9.17) is 0 Å². The van der Waals surface area contributed by atoms with Gasteiger partial charge in [0.25, 0.3) is 0 Å². The molecule has 0 saturated heterocycles. The summed E-state index contributed by atoms with van der Waals surface area (Å²) in [5, 5.41) is 7.07. The van der Waals surface area contributed by atoms with Crippen molar-refractivity contribution in [3.63, 3.8) is 0 Å². The molecule has 0 unspecified atom stereocenters. The minimum atomic E-state index is -0.0748. The zero-order valence-corrected chi connectivity index (χ0v) is 13.9. The van der Waals surface area contributed by atoms with Gasteiger partial charge in [0.2, 0.25) is 11.9 Å². The minimum absolute atomic E-state index is 0.0748. The molecule has 2 heterocycles. The van der Waals surface area contributed by atoms with E-state index in [9.17, 15) is 4.79 Å². The first-order chi connectivity index (χ1) is 11.6. The topological polar surface area (TPSA) is 71.8 Å². The van der Waals surface area contributed by atoms with Crippen molar-refractivity contribution >= 4 is 22.8 Å². The van der Waals surface area contributed by atoms with E-state index in [-0.39, 0.29) is 12.5 Å². The molecule has 0 bridgehead atoms. The van der Waals surface area contributed by atoms with Gasteiger partial charge in [0, 0.05) is 36.2 Å². The molecule has 2 N–H and O–H groups in total. The number of para-hydroxylation sites is 1. The van der Waals surface area contributed by atoms with Crippen LogP contribution < -0.4 is 10.6 Å². The molecule has 0 aliphatic heterocycles. The molecule has 0 aliphatic rings. The summed E-state index contributed by atoms with van der Waals surface area (Å²) in [4.78, 5) is 20.4. The summed E-state index contributed by atoms with van der Waals surface area (Å²) in [5.74, 6) is 0.410. The molecule has 1 aromatic carbocycles. The Balaban J connectivity index is 1.47. The van der Waals surface area contributed by atoms with E-state index in [1.165, 1.54) is 10.9 Å². The van der Waals surface area contributed by atoms with Crippen LogP contribution in [0.1, 0.15) is 11.4 Å². The SMILES string of the molecule is Cc1cc(C)nc(NCC(=O)NCCn2ccc3ccccc32)n1. The second-order valence-electron chi connectivity index (χ2n) is 5.75. The average molecular weight is 323 g/mol. The number of nitrogens with one attached hydrogen (secondary N) is 2. The van der Waals surface area contributed by atoms with Crippen molar-refractivity contribution in [3.8, 4) is 0 Å². The van der Waals surface area contributed by atoms with Gasteiger partial charge in [-0.05, 0) is 37.4 Å². The Labute approximate surface area is 140 Å². The lowest BCUT2D eigenvalue weighted by Crippen LogP contribution is -2.32. The molecule has 0 aliphatic carbocycles. The third-order valence-corrected chi connectivity index (χ3v) is 3.74. The fraction of sp³-hybridized carbons (Fsp3) is 0.278. The number of anilines is 1. The Kier molecular flexibility index (Phi) is 4.74. The van der Waals surface area contributed by atoms with Gasteiger partial charge in [0.15, 0.2) is 0 Å². The summed E-state index contributed by atoms with van der Waals surface area (Å²) >= 11 is 0. The number of fused-ring (bicyclic) bond motifs is 1. The van der Waals surface area contributed by atoms with Gasteiger partial charge in [-0.15, -0.1) is 0 Å². The number of carbonyl (C=O) groups excluding carboxylic acids is 1. The van der Waals surface area contributed by atoms with Gasteiger partial charge < -0.3 is 15.2 Å². The molecular weight excluding hydrogens is 302 g/mol. The van der Waals surface area contributed by atoms with Crippen LogP contribution in [0.5, 0.6) is 0 Å². The largest absolute Gasteiger partial charge is 0.353 e. The zero-order valence-electron chi connectivity index (χ0n) is 13.9. The van der Waals surface area contributed by atoms with Gasteiger partial charge in [0.1, 0.15) is 0 Å². The smallest absolute Gasteiger partial charge is 0.239 e. The third kappa shape index (κ3) is 3.90. The van der Waals surface area contributed by atoms with E-state index in [1.54, 1.807) is 0 Å². The highest BCUT2D eigenvalue weighted by molar-refractivity contribution is 5.81. The highest BCUT2D eigenvalue weighted by Crippen LogP contribution is 2.14. The maximum absolute atomic E-state index is 11.9. The number of hydrogen-bond donors (Lipinski definition) is 2. The van der Waals surface area contributed by atoms with Crippen LogP contribution in [0.15, 0.2) is 42.6 Å². The molecule has 1 amide bonds. The van der Waals surface area contributed by atoms with Gasteiger partial charge in [-0.3, -0.25) is 4.79 Å². The Morgan fingerprint density at radius 3 is 2.67 bits per heavy atom. The van der Waals surface area contributed by atoms with E-state index >= 15 is 0 Å². The first-order valence-electron chi connectivity index (χ1n) is 7.98. The first kappa shape index (κ1) is 16.0. The van der Waals surface area contributed by atoms with Crippen LogP contribution in [0.3, 0.4) is 0 Å². The van der Waals surface area contributed by atoms with Crippen LogP contribution >= 0.6 is 0 Å². The molecule has 0 spiro atoms. The van der Waals surface area contributed by atoms with Crippen molar-refractivity contribution in [1.82, 2.24) is 19.9 Å². The molecule has 124 valence electrons. The summed E-state index contributed by atoms with van der Waals surface area (Å²) in [6.07, 6.45) is 2.04. The molecule has 0 radical (unpaired) electrons. The van der Waals surface area contributed by atoms with Gasteiger partial charge in [0.05, 0.1) is 6.54 Å². The second kappa shape index (κ2) is 7.12. The first-order valence-corrected chi connectivity index (χ1v) is 7.98. The van der Waals surface area contributed by atoms with Gasteiger partial charge in [-0.1, -0.05) is 18.2 Å². The Morgan fingerprint density at radius 1 is 1.12 bits per heavy atom. The summed E-state index contributed by atoms with van der Waals surface area (Å²) < 4.78 is 2.13. The fourth-order valence-corrected chi connectivity index (χ4v) is 2.68. The van der Waals surface area contributed by atoms with Crippen molar-refractivity contribution in [1.29, 1.82) is 0 Å². The Bertz CT molecular complexity index is 835. The molecule has 3 aromatic rings. The minimum Gasteiger partial charge on any atom is -0.353 e. The lowest BCUT2D eigenvalue weighted by Gasteiger charge is -2.09. The average Bonchev–Trinajstić information content (AvgIpc) is 2.96. The molecule has 6 heteroatoms. The Hall–Kier alpha value is -2.89. The predicted octanol–water partition coefficient (Wildman–Crippen LogP) is 2.28. The standard InChI is InChI=1S/C18H21N5O/c1-13-11-14(2)22-18(21-13)20-12-17(24)19-8-10-23-9-7-15-5-3-4-6-16(15)23/h3-7,9,11H,8,10,12H2,1-2H3,(H,19,24)(H,20,21,22). The van der Waals surface area contributed by atoms with Crippen LogP contribution in [0.4, 0.5) is 5.95 Å². The van der Waals surface area contributed by atoms with Crippen molar-refractivity contribution in [2.45, 2.75) is 20.4 Å². The van der Waals surface area contributed by atoms with E-state index in [2.05, 4.69) is 43.4 Å². The van der Waals surface area contributed by atoms with Gasteiger partial charge >= 0.3 is 0 Å². The summed E-state index contributed by atoms with van der Waals surface area (Å²) in [5.41, 5.74) is 2.93. The highest BCUT2D eigenvalue weighted by atomic mass is 16.1. The lowest BCUT2D eigenvalue weighted by atomic mass is 10.2. The lowest BCUT2D eigenvalue weighted by molar-refractivity contribution is -0.119. The summed E-state index contributed by atoms with van der Waals surface area (Å²) in [7, 11) is 0. The fourth-order valence-electron chi connectivity index (χ4n) is 2.68. The molecule has 0 fully saturated rings. The zero-order chi connectivity index (χ0) is 16.9. The maximum atomic E-state index is 11.9. The normalized spacial score (nSPS) is 10.8. The molecule has 24 heavy (non-hydrogen) atoms. The van der Waals surface area contributed by atoms with Crippen molar-refractivity contribution < 1.29 is 4.79 Å². The molecule has 2 aromatic heterocycles. The number of carbonyl (C=O) groups is 1. The number of benzene rings is 1. The predicted molar refractivity (Wildman–Crippen MR) is 94.9 cm³/mol. The highest BCUT2D eigenvalue weighted by Gasteiger charge is 2.04. The molecular formula is C18H21N5O. The summed E-state index contributed by atoms with van der Waals surface area (Å²) in [6, 6.07) is 12.2. The number of hydrogen-bond acceptors (Lipinski definition) is 4. The quantitative estimate of drug-likeness (QED) is 0.730. The molecule has 6 nitrogen and oxygen atoms in total. The van der Waals surface area contributed by atoms with Crippen LogP contribution in [-0.4, -0.2) is 33.5 Å². The van der Waals surface area contributed by atoms with Crippen molar-refractivity contribution in [3.05, 3.63) is 54.0 Å². The van der Waals surface area contributed by atoms with E-state index in [0.717, 1.165) is 17.9 Å². The van der Waals surface area contributed by atoms with Gasteiger partial charge in [-0.2, -0.15) is 0 Å². The van der Waals surface area contributed by atoms with Crippen molar-refractivity contribution in [2.24, 2.45) is 0 Å². The Morgan fingerprint density at radius 2 is 1.88 bits per heavy atom. The van der Waals surface area contributed by atoms with Crippen molar-refractivity contribution in [2.75, 3.05) is 18.4 Å². The van der Waals surface area contributed by atoms with E-state index in [0.29, 0.717) is 12.5 Å². The molecule has 3 rings (SSSR count). The number of amides is 1. The maximum Gasteiger partial charge on any atom is 0.239 e. The number of nitrogens with zero attached hydrogens (tertiary/aromatic N) is 3. The van der Waals surface area contributed by atoms with Crippen LogP contribution in [0.2, 0.25) is 0 Å². The second-order valence-corrected chi connectivity index (χ2v) is 5.75. The van der Waals surface area contributed by atoms with Crippen LogP contribution in [0.25, 0.3) is 10.9 Å². The number of rotatable bonds is 6. The van der Waals surface area contributed by atoms with E-state index in [1.807, 2.05) is 38.2 Å². The van der Waals surface area contributed by atoms with Gasteiger partial charge in [-0.25, -0.2) is 9.97 Å². The third-order valence-electron chi connectivity index (χ3n) is 3.74.